The van der Waals surface area contributed by atoms with E-state index < -0.39 is 17.9 Å². The van der Waals surface area contributed by atoms with Crippen LogP contribution in [0.3, 0.4) is 0 Å². The number of rotatable bonds is 18. The number of ether oxygens (including phenoxy) is 1. The van der Waals surface area contributed by atoms with Gasteiger partial charge in [-0.2, -0.15) is 0 Å². The maximum atomic E-state index is 11.3. The highest BCUT2D eigenvalue weighted by molar-refractivity contribution is 5.91. The number of aldehydes is 1. The molecular weight excluding hydrogens is 846 g/mol. The van der Waals surface area contributed by atoms with Crippen LogP contribution in [0.2, 0.25) is 0 Å². The molecule has 0 radical (unpaired) electrons. The number of unbranched alkanes of at least 4 members (excludes halogenated alkanes) is 4. The van der Waals surface area contributed by atoms with Gasteiger partial charge in [0.05, 0.1) is 23.8 Å². The fourth-order valence-electron chi connectivity index (χ4n) is 4.79. The maximum absolute atomic E-state index is 11.3. The monoisotopic (exact) mass is 908 g/mol. The maximum Gasteiger partial charge on any atom is 0.337 e. The molecule has 0 aromatic heterocycles. The van der Waals surface area contributed by atoms with Crippen LogP contribution in [0.5, 0.6) is 0 Å². The Morgan fingerprint density at radius 3 is 1.26 bits per heavy atom. The number of aromatic carboxylic acids is 2. The summed E-state index contributed by atoms with van der Waals surface area (Å²) < 4.78 is 4.48. The van der Waals surface area contributed by atoms with E-state index in [1.54, 1.807) is 112 Å². The Hall–Kier alpha value is -5.89. The Balaban J connectivity index is 0. The van der Waals surface area contributed by atoms with Gasteiger partial charge in [-0.3, -0.25) is 19.2 Å². The zero-order valence-electron chi connectivity index (χ0n) is 36.8. The second kappa shape index (κ2) is 33.9. The lowest BCUT2D eigenvalue weighted by Crippen LogP contribution is -3.00. The van der Waals surface area contributed by atoms with E-state index >= 15 is 0 Å². The molecule has 0 aliphatic heterocycles. The third-order valence-electron chi connectivity index (χ3n) is 8.35. The van der Waals surface area contributed by atoms with E-state index in [0.717, 1.165) is 43.2 Å². The zero-order chi connectivity index (χ0) is 45.5. The summed E-state index contributed by atoms with van der Waals surface area (Å²) in [7, 11) is 11.9. The summed E-state index contributed by atoms with van der Waals surface area (Å²) in [5.41, 5.74) is 3.15. The SMILES string of the molecule is CCCCCC(=O)N(C)C.CN(C)C(=O)CCC/C=C/c1cccc(C(=O)O)c1.CN(C)C(=O)CCC/C=C\c1cccc(C(=O)O)c1.COC(=O)c1cccc(C=O)c1.[Br-]. The minimum absolute atomic E-state index is 0. The summed E-state index contributed by atoms with van der Waals surface area (Å²) in [6, 6.07) is 19.9. The normalized spacial score (nSPS) is 9.97. The van der Waals surface area contributed by atoms with Crippen LogP contribution in [0.15, 0.2) is 84.9 Å². The van der Waals surface area contributed by atoms with Gasteiger partial charge in [-0.25, -0.2) is 14.4 Å². The van der Waals surface area contributed by atoms with Crippen molar-refractivity contribution in [3.8, 4) is 0 Å². The van der Waals surface area contributed by atoms with Crippen LogP contribution >= 0.6 is 0 Å². The first-order valence-corrected chi connectivity index (χ1v) is 19.7. The van der Waals surface area contributed by atoms with Gasteiger partial charge >= 0.3 is 17.9 Å². The smallest absolute Gasteiger partial charge is 0.337 e. The van der Waals surface area contributed by atoms with Crippen molar-refractivity contribution in [1.82, 2.24) is 14.7 Å². The number of methoxy groups -OCH3 is 1. The van der Waals surface area contributed by atoms with Crippen molar-refractivity contribution in [3.05, 3.63) is 118 Å². The molecule has 0 aliphatic rings. The topological polar surface area (TPSA) is 179 Å². The van der Waals surface area contributed by atoms with Crippen molar-refractivity contribution < 1.29 is 65.5 Å². The van der Waals surface area contributed by atoms with E-state index in [4.69, 9.17) is 10.2 Å². The van der Waals surface area contributed by atoms with Crippen molar-refractivity contribution in [2.75, 3.05) is 49.4 Å². The standard InChI is InChI=1S/2C15H19NO3.C9H8O3.C8H17NO.BrH/c2*1-16(2)14(17)10-5-3-4-7-12-8-6-9-13(11-12)15(18)19;1-12-9(11)8-4-2-3-7(5-8)6-10;1-4-5-6-7-8(10)9(2)3;/h2*4,6-9,11H,3,5,10H2,1-2H3,(H,18,19);2-6H,1H3;4-7H2,1-3H3;1H/p-1/b7-4+;7-4-;;;. The summed E-state index contributed by atoms with van der Waals surface area (Å²) >= 11 is 0. The van der Waals surface area contributed by atoms with Crippen LogP contribution in [-0.4, -0.2) is 116 Å². The number of carbonyl (C=O) groups is 7. The first kappa shape index (κ1) is 57.2. The first-order chi connectivity index (χ1) is 28.5. The van der Waals surface area contributed by atoms with E-state index in [0.29, 0.717) is 36.7 Å². The van der Waals surface area contributed by atoms with Crippen LogP contribution in [0.25, 0.3) is 12.2 Å². The molecule has 0 saturated carbocycles. The highest BCUT2D eigenvalue weighted by atomic mass is 79.9. The molecule has 0 atom stereocenters. The molecule has 3 rings (SSSR count). The predicted molar refractivity (Wildman–Crippen MR) is 236 cm³/mol. The van der Waals surface area contributed by atoms with Crippen molar-refractivity contribution in [1.29, 1.82) is 0 Å². The number of allylic oxidation sites excluding steroid dienone is 2. The highest BCUT2D eigenvalue weighted by Crippen LogP contribution is 2.11. The Kier molecular flexibility index (Phi) is 31.8. The number of carbonyl (C=O) groups excluding carboxylic acids is 5. The van der Waals surface area contributed by atoms with Gasteiger partial charge in [-0.15, -0.1) is 0 Å². The third kappa shape index (κ3) is 27.5. The molecule has 61 heavy (non-hydrogen) atoms. The molecule has 0 aliphatic carbocycles. The highest BCUT2D eigenvalue weighted by Gasteiger charge is 2.06. The van der Waals surface area contributed by atoms with Gasteiger partial charge in [0.2, 0.25) is 17.7 Å². The summed E-state index contributed by atoms with van der Waals surface area (Å²) in [4.78, 5) is 81.3. The van der Waals surface area contributed by atoms with Crippen LogP contribution < -0.4 is 17.0 Å². The number of nitrogens with zero attached hydrogens (tertiary/aromatic N) is 3. The summed E-state index contributed by atoms with van der Waals surface area (Å²) in [6.07, 6.45) is 16.7. The van der Waals surface area contributed by atoms with Gasteiger partial charge in [0.25, 0.3) is 0 Å². The summed E-state index contributed by atoms with van der Waals surface area (Å²) in [6.45, 7) is 2.14. The average Bonchev–Trinajstić information content (AvgIpc) is 3.23. The molecule has 334 valence electrons. The van der Waals surface area contributed by atoms with E-state index in [1.807, 2.05) is 36.4 Å². The molecule has 0 heterocycles. The van der Waals surface area contributed by atoms with Crippen LogP contribution in [0.1, 0.15) is 124 Å². The van der Waals surface area contributed by atoms with Gasteiger partial charge in [0, 0.05) is 67.1 Å². The molecule has 3 aromatic rings. The van der Waals surface area contributed by atoms with Crippen molar-refractivity contribution in [2.45, 2.75) is 71.1 Å². The number of halogens is 1. The second-order valence-electron chi connectivity index (χ2n) is 14.0. The summed E-state index contributed by atoms with van der Waals surface area (Å²) in [5, 5.41) is 17.7. The predicted octanol–water partition coefficient (Wildman–Crippen LogP) is 5.26. The molecule has 13 nitrogen and oxygen atoms in total. The van der Waals surface area contributed by atoms with E-state index in [2.05, 4.69) is 11.7 Å². The number of amides is 3. The minimum atomic E-state index is -0.924. The molecule has 0 fully saturated rings. The van der Waals surface area contributed by atoms with Gasteiger partial charge in [-0.05, 0) is 79.6 Å². The number of hydrogen-bond acceptors (Lipinski definition) is 8. The fourth-order valence-corrected chi connectivity index (χ4v) is 4.79. The molecule has 0 spiro atoms. The number of carboxylic acids is 2. The zero-order valence-corrected chi connectivity index (χ0v) is 38.4. The van der Waals surface area contributed by atoms with Crippen molar-refractivity contribution in [2.24, 2.45) is 0 Å². The average molecular weight is 910 g/mol. The first-order valence-electron chi connectivity index (χ1n) is 19.7. The number of esters is 1. The Bertz CT molecular complexity index is 1780. The van der Waals surface area contributed by atoms with E-state index in [9.17, 15) is 33.6 Å². The van der Waals surface area contributed by atoms with Gasteiger partial charge in [0.1, 0.15) is 6.29 Å². The largest absolute Gasteiger partial charge is 1.00 e. The molecule has 0 unspecified atom stereocenters. The Morgan fingerprint density at radius 1 is 0.557 bits per heavy atom. The lowest BCUT2D eigenvalue weighted by Gasteiger charge is -2.08. The van der Waals surface area contributed by atoms with Gasteiger partial charge in [-0.1, -0.05) is 80.5 Å². The van der Waals surface area contributed by atoms with Crippen LogP contribution in [0, 0.1) is 0 Å². The molecule has 0 bridgehead atoms. The van der Waals surface area contributed by atoms with Gasteiger partial charge in [0.15, 0.2) is 0 Å². The number of carboxylic acid groups (broad SMARTS) is 2. The van der Waals surface area contributed by atoms with Crippen LogP contribution in [-0.2, 0) is 19.1 Å². The van der Waals surface area contributed by atoms with Gasteiger partial charge < -0.3 is 46.6 Å². The summed E-state index contributed by atoms with van der Waals surface area (Å²) in [5.74, 6) is -1.78. The molecule has 0 saturated heterocycles. The van der Waals surface area contributed by atoms with Crippen molar-refractivity contribution in [3.63, 3.8) is 0 Å². The Morgan fingerprint density at radius 2 is 0.918 bits per heavy atom. The molecule has 2 N–H and O–H groups in total. The number of hydrogen-bond donors (Lipinski definition) is 2. The van der Waals surface area contributed by atoms with Crippen molar-refractivity contribution >= 4 is 54.1 Å². The second-order valence-corrected chi connectivity index (χ2v) is 14.0. The molecule has 3 aromatic carbocycles. The lowest BCUT2D eigenvalue weighted by atomic mass is 10.1. The van der Waals surface area contributed by atoms with E-state index in [-0.39, 0.29) is 45.8 Å². The Labute approximate surface area is 371 Å². The quantitative estimate of drug-likeness (QED) is 0.0973. The lowest BCUT2D eigenvalue weighted by molar-refractivity contribution is -0.129. The molecule has 3 amide bonds. The van der Waals surface area contributed by atoms with E-state index in [1.165, 1.54) is 26.0 Å². The molecule has 14 heteroatoms. The minimum Gasteiger partial charge on any atom is -1.00 e. The third-order valence-corrected chi connectivity index (χ3v) is 8.35. The fraction of sp³-hybridized carbons (Fsp3) is 0.383. The molecular formula is C47H63BrN3O10-. The van der Waals surface area contributed by atoms with Crippen LogP contribution in [0.4, 0.5) is 0 Å². The number of benzene rings is 3.